The number of rotatable bonds is 4. The van der Waals surface area contributed by atoms with Crippen LogP contribution in [-0.4, -0.2) is 42.0 Å². The van der Waals surface area contributed by atoms with Crippen LogP contribution in [0.3, 0.4) is 0 Å². The minimum Gasteiger partial charge on any atom is -0.449 e. The molecule has 0 radical (unpaired) electrons. The van der Waals surface area contributed by atoms with E-state index < -0.39 is 29.8 Å². The van der Waals surface area contributed by atoms with Crippen LogP contribution in [0.1, 0.15) is 12.5 Å². The molecule has 6 nitrogen and oxygen atoms in total. The average molecular weight is 341 g/mol. The number of esters is 1. The first-order valence-electron chi connectivity index (χ1n) is 6.81. The number of nitrogens with one attached hydrogen (secondary N) is 1. The van der Waals surface area contributed by atoms with E-state index in [0.29, 0.717) is 12.1 Å². The molecule has 122 valence electrons. The number of carbonyl (C=O) groups excluding carboxylic acids is 3. The molecule has 3 amide bonds. The lowest BCUT2D eigenvalue weighted by molar-refractivity contribution is -0.153. The minimum atomic E-state index is -1.09. The highest BCUT2D eigenvalue weighted by atomic mass is 35.5. The van der Waals surface area contributed by atoms with Crippen molar-refractivity contribution in [2.45, 2.75) is 13.0 Å². The SMILES string of the molecule is C[C@H](OC(=O)/C=C/c1ccc(F)c(Cl)c1)C(=O)N1CCNC1=O. The van der Waals surface area contributed by atoms with Crippen LogP contribution < -0.4 is 5.32 Å². The molecule has 0 bridgehead atoms. The first-order chi connectivity index (χ1) is 10.9. The summed E-state index contributed by atoms with van der Waals surface area (Å²) in [6, 6.07) is 3.46. The van der Waals surface area contributed by atoms with Gasteiger partial charge in [0, 0.05) is 19.2 Å². The lowest BCUT2D eigenvalue weighted by Gasteiger charge is -2.17. The zero-order valence-electron chi connectivity index (χ0n) is 12.2. The summed E-state index contributed by atoms with van der Waals surface area (Å²) in [5, 5.41) is 2.42. The monoisotopic (exact) mass is 340 g/mol. The Labute approximate surface area is 136 Å². The molecule has 1 fully saturated rings. The fourth-order valence-electron chi connectivity index (χ4n) is 1.95. The van der Waals surface area contributed by atoms with E-state index in [0.717, 1.165) is 11.0 Å². The molecule has 0 aromatic heterocycles. The second-order valence-corrected chi connectivity index (χ2v) is 5.21. The minimum absolute atomic E-state index is 0.0656. The second-order valence-electron chi connectivity index (χ2n) is 4.81. The molecule has 1 saturated heterocycles. The van der Waals surface area contributed by atoms with Crippen LogP contribution >= 0.6 is 11.6 Å². The molecule has 1 aromatic carbocycles. The predicted molar refractivity (Wildman–Crippen MR) is 81.1 cm³/mol. The summed E-state index contributed by atoms with van der Waals surface area (Å²) >= 11 is 5.63. The van der Waals surface area contributed by atoms with Crippen molar-refractivity contribution in [2.24, 2.45) is 0 Å². The van der Waals surface area contributed by atoms with Gasteiger partial charge in [-0.15, -0.1) is 0 Å². The first-order valence-corrected chi connectivity index (χ1v) is 7.19. The third kappa shape index (κ3) is 4.29. The zero-order chi connectivity index (χ0) is 17.0. The van der Waals surface area contributed by atoms with Crippen molar-refractivity contribution in [3.8, 4) is 0 Å². The Bertz CT molecular complexity index is 677. The molecule has 1 heterocycles. The number of halogens is 2. The van der Waals surface area contributed by atoms with Gasteiger partial charge in [-0.3, -0.25) is 9.69 Å². The third-order valence-electron chi connectivity index (χ3n) is 3.12. The summed E-state index contributed by atoms with van der Waals surface area (Å²) in [6.45, 7) is 1.99. The lowest BCUT2D eigenvalue weighted by atomic mass is 10.2. The number of hydrogen-bond donors (Lipinski definition) is 1. The predicted octanol–water partition coefficient (Wildman–Crippen LogP) is 1.98. The van der Waals surface area contributed by atoms with E-state index in [1.54, 1.807) is 0 Å². The number of carbonyl (C=O) groups is 3. The normalized spacial score (nSPS) is 15.6. The van der Waals surface area contributed by atoms with Gasteiger partial charge in [0.2, 0.25) is 0 Å². The number of ether oxygens (including phenoxy) is 1. The van der Waals surface area contributed by atoms with Gasteiger partial charge in [0.15, 0.2) is 6.10 Å². The van der Waals surface area contributed by atoms with Gasteiger partial charge in [0.1, 0.15) is 5.82 Å². The second kappa shape index (κ2) is 7.23. The molecule has 23 heavy (non-hydrogen) atoms. The summed E-state index contributed by atoms with van der Waals surface area (Å²) in [4.78, 5) is 36.0. The van der Waals surface area contributed by atoms with Crippen molar-refractivity contribution < 1.29 is 23.5 Å². The Kier molecular flexibility index (Phi) is 5.33. The van der Waals surface area contributed by atoms with E-state index in [9.17, 15) is 18.8 Å². The standard InChI is InChI=1S/C15H14ClFN2O4/c1-9(14(21)19-7-6-18-15(19)22)23-13(20)5-3-10-2-4-12(17)11(16)8-10/h2-5,8-9H,6-7H2,1H3,(H,18,22)/b5-3+/t9-/m0/s1. The van der Waals surface area contributed by atoms with Gasteiger partial charge >= 0.3 is 12.0 Å². The Morgan fingerprint density at radius 3 is 2.83 bits per heavy atom. The van der Waals surface area contributed by atoms with Crippen LogP contribution in [0.25, 0.3) is 6.08 Å². The third-order valence-corrected chi connectivity index (χ3v) is 3.41. The van der Waals surface area contributed by atoms with Crippen molar-refractivity contribution in [1.82, 2.24) is 10.2 Å². The summed E-state index contributed by atoms with van der Waals surface area (Å²) in [7, 11) is 0. The van der Waals surface area contributed by atoms with E-state index in [4.69, 9.17) is 16.3 Å². The van der Waals surface area contributed by atoms with Gasteiger partial charge < -0.3 is 10.1 Å². The molecule has 1 aromatic rings. The summed E-state index contributed by atoms with van der Waals surface area (Å²) in [5.41, 5.74) is 0.506. The number of benzene rings is 1. The van der Waals surface area contributed by atoms with Crippen LogP contribution in [0.5, 0.6) is 0 Å². The Morgan fingerprint density at radius 1 is 1.48 bits per heavy atom. The van der Waals surface area contributed by atoms with Crippen LogP contribution in [0, 0.1) is 5.82 Å². The molecule has 1 aliphatic heterocycles. The van der Waals surface area contributed by atoms with E-state index in [2.05, 4.69) is 5.32 Å². The van der Waals surface area contributed by atoms with E-state index in [1.165, 1.54) is 31.2 Å². The van der Waals surface area contributed by atoms with Crippen molar-refractivity contribution >= 4 is 35.6 Å². The van der Waals surface area contributed by atoms with E-state index in [1.807, 2.05) is 0 Å². The van der Waals surface area contributed by atoms with Crippen molar-refractivity contribution in [1.29, 1.82) is 0 Å². The Morgan fingerprint density at radius 2 is 2.22 bits per heavy atom. The number of urea groups is 1. The maximum absolute atomic E-state index is 13.0. The number of nitrogens with zero attached hydrogens (tertiary/aromatic N) is 1. The molecule has 0 saturated carbocycles. The van der Waals surface area contributed by atoms with Gasteiger partial charge in [0.05, 0.1) is 5.02 Å². The zero-order valence-corrected chi connectivity index (χ0v) is 13.0. The summed E-state index contributed by atoms with van der Waals surface area (Å²) < 4.78 is 18.0. The number of amides is 3. The lowest BCUT2D eigenvalue weighted by Crippen LogP contribution is -2.41. The van der Waals surface area contributed by atoms with Crippen LogP contribution in [-0.2, 0) is 14.3 Å². The maximum atomic E-state index is 13.0. The molecular formula is C15H14ClFN2O4. The molecular weight excluding hydrogens is 327 g/mol. The van der Waals surface area contributed by atoms with Crippen LogP contribution in [0.2, 0.25) is 5.02 Å². The molecule has 1 N–H and O–H groups in total. The molecule has 8 heteroatoms. The van der Waals surface area contributed by atoms with Crippen molar-refractivity contribution in [3.63, 3.8) is 0 Å². The van der Waals surface area contributed by atoms with E-state index in [-0.39, 0.29) is 11.6 Å². The maximum Gasteiger partial charge on any atom is 0.331 e. The molecule has 0 spiro atoms. The molecule has 1 aliphatic rings. The number of imide groups is 1. The van der Waals surface area contributed by atoms with Crippen molar-refractivity contribution in [3.05, 3.63) is 40.7 Å². The van der Waals surface area contributed by atoms with Gasteiger partial charge in [-0.05, 0) is 30.7 Å². The van der Waals surface area contributed by atoms with Gasteiger partial charge in [-0.1, -0.05) is 17.7 Å². The van der Waals surface area contributed by atoms with E-state index >= 15 is 0 Å². The molecule has 0 unspecified atom stereocenters. The summed E-state index contributed by atoms with van der Waals surface area (Å²) in [5.74, 6) is -1.91. The number of hydrogen-bond acceptors (Lipinski definition) is 4. The Hall–Kier alpha value is -2.41. The van der Waals surface area contributed by atoms with Gasteiger partial charge in [0.25, 0.3) is 5.91 Å². The highest BCUT2D eigenvalue weighted by Crippen LogP contribution is 2.17. The van der Waals surface area contributed by atoms with Crippen molar-refractivity contribution in [2.75, 3.05) is 13.1 Å². The average Bonchev–Trinajstić information content (AvgIpc) is 2.93. The topological polar surface area (TPSA) is 75.7 Å². The smallest absolute Gasteiger partial charge is 0.331 e. The first kappa shape index (κ1) is 17.0. The highest BCUT2D eigenvalue weighted by molar-refractivity contribution is 6.30. The highest BCUT2D eigenvalue weighted by Gasteiger charge is 2.31. The largest absolute Gasteiger partial charge is 0.449 e. The molecule has 2 rings (SSSR count). The van der Waals surface area contributed by atoms with Crippen LogP contribution in [0.4, 0.5) is 9.18 Å². The summed E-state index contributed by atoms with van der Waals surface area (Å²) in [6.07, 6.45) is 1.39. The van der Waals surface area contributed by atoms with Crippen LogP contribution in [0.15, 0.2) is 24.3 Å². The quantitative estimate of drug-likeness (QED) is 0.671. The fourth-order valence-corrected chi connectivity index (χ4v) is 2.13. The van der Waals surface area contributed by atoms with Gasteiger partial charge in [-0.2, -0.15) is 0 Å². The molecule has 0 aliphatic carbocycles. The molecule has 1 atom stereocenters. The Balaban J connectivity index is 1.93. The van der Waals surface area contributed by atoms with Gasteiger partial charge in [-0.25, -0.2) is 14.0 Å². The fraction of sp³-hybridized carbons (Fsp3) is 0.267.